The van der Waals surface area contributed by atoms with Crippen LogP contribution in [0.2, 0.25) is 10.0 Å². The smallest absolute Gasteiger partial charge is 0.0456 e. The molecule has 0 radical (unpaired) electrons. The first kappa shape index (κ1) is 8.36. The van der Waals surface area contributed by atoms with Crippen LogP contribution >= 0.6 is 23.2 Å². The van der Waals surface area contributed by atoms with E-state index in [4.69, 9.17) is 28.9 Å². The van der Waals surface area contributed by atoms with Gasteiger partial charge in [0.25, 0.3) is 0 Å². The molecule has 2 N–H and O–H groups in total. The van der Waals surface area contributed by atoms with Gasteiger partial charge in [0, 0.05) is 22.0 Å². The van der Waals surface area contributed by atoms with Crippen LogP contribution in [0.25, 0.3) is 0 Å². The number of hydrogen-bond acceptors (Lipinski definition) is 1. The van der Waals surface area contributed by atoms with Gasteiger partial charge in [-0.15, -0.1) is 0 Å². The average Bonchev–Trinajstić information content (AvgIpc) is 2.66. The predicted octanol–water partition coefficient (Wildman–Crippen LogP) is 2.81. The Labute approximate surface area is 81.5 Å². The third kappa shape index (κ3) is 1.45. The highest BCUT2D eigenvalue weighted by Gasteiger charge is 2.36. The largest absolute Gasteiger partial charge is 0.327 e. The molecule has 1 aromatic carbocycles. The molecule has 0 saturated heterocycles. The number of benzene rings is 1. The van der Waals surface area contributed by atoms with Crippen LogP contribution in [0.5, 0.6) is 0 Å². The first-order chi connectivity index (χ1) is 5.68. The average molecular weight is 202 g/mol. The van der Waals surface area contributed by atoms with Crippen molar-refractivity contribution >= 4 is 23.2 Å². The van der Waals surface area contributed by atoms with Crippen LogP contribution in [0.3, 0.4) is 0 Å². The van der Waals surface area contributed by atoms with Crippen molar-refractivity contribution in [1.82, 2.24) is 0 Å². The summed E-state index contributed by atoms with van der Waals surface area (Å²) in [6, 6.07) is 5.88. The fourth-order valence-electron chi connectivity index (χ4n) is 1.37. The van der Waals surface area contributed by atoms with Crippen molar-refractivity contribution in [2.45, 2.75) is 18.4 Å². The Morgan fingerprint density at radius 2 is 2.00 bits per heavy atom. The normalized spacial score (nSPS) is 27.2. The topological polar surface area (TPSA) is 26.0 Å². The zero-order valence-electron chi connectivity index (χ0n) is 6.43. The van der Waals surface area contributed by atoms with Crippen molar-refractivity contribution in [3.63, 3.8) is 0 Å². The lowest BCUT2D eigenvalue weighted by Crippen LogP contribution is -2.01. The van der Waals surface area contributed by atoms with Crippen molar-refractivity contribution < 1.29 is 0 Å². The molecule has 3 heteroatoms. The molecule has 0 spiro atoms. The minimum atomic E-state index is 0.295. The van der Waals surface area contributed by atoms with Crippen LogP contribution in [-0.2, 0) is 0 Å². The SMILES string of the molecule is N[C@@H]1C[C@H]1c1ccc(Cl)cc1Cl. The minimum absolute atomic E-state index is 0.295. The quantitative estimate of drug-likeness (QED) is 0.744. The lowest BCUT2D eigenvalue weighted by molar-refractivity contribution is 0.991. The summed E-state index contributed by atoms with van der Waals surface area (Å²) in [5.41, 5.74) is 6.85. The highest BCUT2D eigenvalue weighted by atomic mass is 35.5. The van der Waals surface area contributed by atoms with Gasteiger partial charge in [-0.1, -0.05) is 29.3 Å². The summed E-state index contributed by atoms with van der Waals surface area (Å²) in [5, 5.41) is 1.42. The molecule has 12 heavy (non-hydrogen) atoms. The van der Waals surface area contributed by atoms with E-state index >= 15 is 0 Å². The van der Waals surface area contributed by atoms with Gasteiger partial charge >= 0.3 is 0 Å². The molecule has 2 rings (SSSR count). The molecule has 1 aliphatic rings. The standard InChI is InChI=1S/C9H9Cl2N/c10-5-1-2-6(8(11)3-5)7-4-9(7)12/h1-3,7,9H,4,12H2/t7-,9+/m0/s1. The van der Waals surface area contributed by atoms with E-state index in [-0.39, 0.29) is 0 Å². The summed E-state index contributed by atoms with van der Waals surface area (Å²) in [6.07, 6.45) is 1.04. The number of hydrogen-bond donors (Lipinski definition) is 1. The van der Waals surface area contributed by atoms with E-state index in [1.807, 2.05) is 12.1 Å². The van der Waals surface area contributed by atoms with Gasteiger partial charge < -0.3 is 5.73 Å². The third-order valence-corrected chi connectivity index (χ3v) is 2.76. The number of nitrogens with two attached hydrogens (primary N) is 1. The molecular weight excluding hydrogens is 193 g/mol. The molecule has 0 aromatic heterocycles. The molecule has 0 amide bonds. The second-order valence-corrected chi connectivity index (χ2v) is 4.02. The molecule has 0 unspecified atom stereocenters. The van der Waals surface area contributed by atoms with Gasteiger partial charge in [0.15, 0.2) is 0 Å². The van der Waals surface area contributed by atoms with E-state index in [0.717, 1.165) is 17.0 Å². The maximum Gasteiger partial charge on any atom is 0.0456 e. The van der Waals surface area contributed by atoms with E-state index in [2.05, 4.69) is 0 Å². The van der Waals surface area contributed by atoms with Gasteiger partial charge in [0.2, 0.25) is 0 Å². The van der Waals surface area contributed by atoms with Gasteiger partial charge in [0.1, 0.15) is 0 Å². The van der Waals surface area contributed by atoms with Crippen molar-refractivity contribution in [3.05, 3.63) is 33.8 Å². The molecule has 1 aliphatic carbocycles. The second-order valence-electron chi connectivity index (χ2n) is 3.17. The number of halogens is 2. The van der Waals surface area contributed by atoms with Crippen LogP contribution in [0.4, 0.5) is 0 Å². The van der Waals surface area contributed by atoms with Crippen LogP contribution in [0.1, 0.15) is 17.9 Å². The monoisotopic (exact) mass is 201 g/mol. The molecule has 64 valence electrons. The Morgan fingerprint density at radius 1 is 1.33 bits per heavy atom. The van der Waals surface area contributed by atoms with Crippen LogP contribution < -0.4 is 5.73 Å². The van der Waals surface area contributed by atoms with E-state index in [0.29, 0.717) is 17.0 Å². The highest BCUT2D eigenvalue weighted by molar-refractivity contribution is 6.35. The Balaban J connectivity index is 2.33. The molecule has 0 bridgehead atoms. The Bertz CT molecular complexity index is 311. The van der Waals surface area contributed by atoms with Crippen molar-refractivity contribution in [2.75, 3.05) is 0 Å². The van der Waals surface area contributed by atoms with Gasteiger partial charge in [-0.3, -0.25) is 0 Å². The van der Waals surface area contributed by atoms with Gasteiger partial charge in [0.05, 0.1) is 0 Å². The van der Waals surface area contributed by atoms with Gasteiger partial charge in [-0.25, -0.2) is 0 Å². The van der Waals surface area contributed by atoms with Crippen molar-refractivity contribution in [3.8, 4) is 0 Å². The van der Waals surface area contributed by atoms with E-state index in [1.165, 1.54) is 0 Å². The summed E-state index contributed by atoms with van der Waals surface area (Å²) in [4.78, 5) is 0. The summed E-state index contributed by atoms with van der Waals surface area (Å²) < 4.78 is 0. The fraction of sp³-hybridized carbons (Fsp3) is 0.333. The van der Waals surface area contributed by atoms with Gasteiger partial charge in [-0.2, -0.15) is 0 Å². The minimum Gasteiger partial charge on any atom is -0.327 e. The van der Waals surface area contributed by atoms with Gasteiger partial charge in [-0.05, 0) is 24.1 Å². The van der Waals surface area contributed by atoms with Crippen LogP contribution in [0, 0.1) is 0 Å². The van der Waals surface area contributed by atoms with Crippen LogP contribution in [0.15, 0.2) is 18.2 Å². The second kappa shape index (κ2) is 2.91. The highest BCUT2D eigenvalue weighted by Crippen LogP contribution is 2.42. The maximum absolute atomic E-state index is 5.99. The molecule has 0 aliphatic heterocycles. The summed E-state index contributed by atoms with van der Waals surface area (Å²) in [7, 11) is 0. The summed E-state index contributed by atoms with van der Waals surface area (Å²) in [6.45, 7) is 0. The zero-order valence-corrected chi connectivity index (χ0v) is 7.94. The van der Waals surface area contributed by atoms with E-state index < -0.39 is 0 Å². The Kier molecular flexibility index (Phi) is 2.03. The zero-order chi connectivity index (χ0) is 8.72. The molecule has 1 saturated carbocycles. The molecule has 1 aromatic rings. The van der Waals surface area contributed by atoms with E-state index in [9.17, 15) is 0 Å². The van der Waals surface area contributed by atoms with Crippen molar-refractivity contribution in [2.24, 2.45) is 5.73 Å². The third-order valence-electron chi connectivity index (χ3n) is 2.20. The first-order valence-electron chi connectivity index (χ1n) is 3.89. The number of rotatable bonds is 1. The lowest BCUT2D eigenvalue weighted by Gasteiger charge is -2.01. The molecular formula is C9H9Cl2N. The lowest BCUT2D eigenvalue weighted by atomic mass is 10.1. The summed E-state index contributed by atoms with van der Waals surface area (Å²) >= 11 is 11.8. The van der Waals surface area contributed by atoms with Crippen molar-refractivity contribution in [1.29, 1.82) is 0 Å². The molecule has 0 heterocycles. The Morgan fingerprint density at radius 3 is 2.50 bits per heavy atom. The Hall–Kier alpha value is -0.240. The fourth-order valence-corrected chi connectivity index (χ4v) is 1.92. The summed E-state index contributed by atoms with van der Waals surface area (Å²) in [5.74, 6) is 0.453. The van der Waals surface area contributed by atoms with Crippen LogP contribution in [-0.4, -0.2) is 6.04 Å². The predicted molar refractivity (Wildman–Crippen MR) is 51.8 cm³/mol. The molecule has 1 nitrogen and oxygen atoms in total. The van der Waals surface area contributed by atoms with E-state index in [1.54, 1.807) is 6.07 Å². The molecule has 2 atom stereocenters. The first-order valence-corrected chi connectivity index (χ1v) is 4.64. The molecule has 1 fully saturated rings. The maximum atomic E-state index is 5.99.